The second-order valence-electron chi connectivity index (χ2n) is 4.34. The summed E-state index contributed by atoms with van der Waals surface area (Å²) in [6, 6.07) is 5.78. The minimum absolute atomic E-state index is 0.193. The molecule has 0 spiro atoms. The zero-order valence-electron chi connectivity index (χ0n) is 11.5. The van der Waals surface area contributed by atoms with Crippen LogP contribution in [0, 0.1) is 24.6 Å². The van der Waals surface area contributed by atoms with Gasteiger partial charge in [0.05, 0.1) is 17.7 Å². The van der Waals surface area contributed by atoms with Gasteiger partial charge in [-0.15, -0.1) is 0 Å². The molecule has 3 N–H and O–H groups in total. The van der Waals surface area contributed by atoms with Crippen LogP contribution in [0.2, 0.25) is 0 Å². The quantitative estimate of drug-likeness (QED) is 0.829. The molecule has 0 aliphatic carbocycles. The van der Waals surface area contributed by atoms with E-state index in [0.717, 1.165) is 5.56 Å². The summed E-state index contributed by atoms with van der Waals surface area (Å²) in [5.41, 5.74) is 7.37. The molecule has 0 atom stereocenters. The fourth-order valence-electron chi connectivity index (χ4n) is 1.76. The first-order chi connectivity index (χ1) is 10.1. The Kier molecular flexibility index (Phi) is 4.64. The minimum Gasteiger partial charge on any atom is -0.322 e. The second kappa shape index (κ2) is 6.64. The van der Waals surface area contributed by atoms with Crippen LogP contribution in [0.3, 0.4) is 0 Å². The number of benzene rings is 1. The number of hydrogen-bond donors (Lipinski definition) is 2. The normalized spacial score (nSPS) is 9.67. The lowest BCUT2D eigenvalue weighted by molar-refractivity contribution is 0.102. The van der Waals surface area contributed by atoms with E-state index >= 15 is 0 Å². The summed E-state index contributed by atoms with van der Waals surface area (Å²) in [4.78, 5) is 16.2. The van der Waals surface area contributed by atoms with Crippen LogP contribution in [0.25, 0.3) is 0 Å². The molecule has 1 amide bonds. The van der Waals surface area contributed by atoms with E-state index in [1.165, 1.54) is 24.5 Å². The topological polar surface area (TPSA) is 68.0 Å². The van der Waals surface area contributed by atoms with E-state index < -0.39 is 5.82 Å². The highest BCUT2D eigenvalue weighted by molar-refractivity contribution is 6.06. The van der Waals surface area contributed by atoms with E-state index in [1.807, 2.05) is 0 Å². The monoisotopic (exact) mass is 283 g/mol. The number of nitrogens with two attached hydrogens (primary N) is 1. The summed E-state index contributed by atoms with van der Waals surface area (Å²) >= 11 is 0. The maximum Gasteiger partial charge on any atom is 0.257 e. The van der Waals surface area contributed by atoms with E-state index in [4.69, 9.17) is 5.73 Å². The van der Waals surface area contributed by atoms with Crippen molar-refractivity contribution in [3.05, 3.63) is 59.2 Å². The van der Waals surface area contributed by atoms with Crippen LogP contribution < -0.4 is 11.1 Å². The molecule has 0 aliphatic rings. The van der Waals surface area contributed by atoms with Gasteiger partial charge in [0.1, 0.15) is 5.82 Å². The lowest BCUT2D eigenvalue weighted by atomic mass is 10.1. The number of hydrogen-bond acceptors (Lipinski definition) is 3. The zero-order chi connectivity index (χ0) is 15.2. The predicted octanol–water partition coefficient (Wildman–Crippen LogP) is 2.09. The summed E-state index contributed by atoms with van der Waals surface area (Å²) in [6.07, 6.45) is 3.00. The Morgan fingerprint density at radius 1 is 1.43 bits per heavy atom. The molecule has 0 unspecified atom stereocenters. The molecule has 2 rings (SSSR count). The van der Waals surface area contributed by atoms with Crippen LogP contribution in [-0.4, -0.2) is 17.4 Å². The molecule has 1 heterocycles. The largest absolute Gasteiger partial charge is 0.322 e. The molecule has 0 fully saturated rings. The third-order valence-corrected chi connectivity index (χ3v) is 2.84. The Morgan fingerprint density at radius 2 is 2.24 bits per heavy atom. The van der Waals surface area contributed by atoms with Crippen molar-refractivity contribution in [2.75, 3.05) is 11.9 Å². The lowest BCUT2D eigenvalue weighted by Gasteiger charge is -2.09. The highest BCUT2D eigenvalue weighted by atomic mass is 19.1. The molecular weight excluding hydrogens is 269 g/mol. The van der Waals surface area contributed by atoms with Crippen molar-refractivity contribution < 1.29 is 9.18 Å². The second-order valence-corrected chi connectivity index (χ2v) is 4.34. The first-order valence-electron chi connectivity index (χ1n) is 6.32. The molecule has 0 aliphatic heterocycles. The van der Waals surface area contributed by atoms with Crippen LogP contribution in [-0.2, 0) is 0 Å². The van der Waals surface area contributed by atoms with Crippen molar-refractivity contribution in [1.29, 1.82) is 0 Å². The number of anilines is 1. The first kappa shape index (κ1) is 14.7. The summed E-state index contributed by atoms with van der Waals surface area (Å²) in [5, 5.41) is 2.68. The van der Waals surface area contributed by atoms with Crippen LogP contribution in [0.4, 0.5) is 10.1 Å². The van der Waals surface area contributed by atoms with E-state index in [1.54, 1.807) is 19.1 Å². The number of pyridine rings is 1. The van der Waals surface area contributed by atoms with Gasteiger partial charge in [0.15, 0.2) is 0 Å². The summed E-state index contributed by atoms with van der Waals surface area (Å²) in [7, 11) is 0. The van der Waals surface area contributed by atoms with E-state index in [-0.39, 0.29) is 12.5 Å². The maximum atomic E-state index is 13.2. The van der Waals surface area contributed by atoms with Crippen molar-refractivity contribution in [3.8, 4) is 11.8 Å². The van der Waals surface area contributed by atoms with Crippen molar-refractivity contribution in [3.63, 3.8) is 0 Å². The number of amides is 1. The van der Waals surface area contributed by atoms with Gasteiger partial charge in [0.2, 0.25) is 0 Å². The van der Waals surface area contributed by atoms with Crippen molar-refractivity contribution in [1.82, 2.24) is 4.98 Å². The van der Waals surface area contributed by atoms with Crippen LogP contribution in [0.1, 0.15) is 21.5 Å². The van der Waals surface area contributed by atoms with Gasteiger partial charge in [0, 0.05) is 18.1 Å². The fraction of sp³-hybridized carbons (Fsp3) is 0.125. The fourth-order valence-corrected chi connectivity index (χ4v) is 1.76. The van der Waals surface area contributed by atoms with Crippen molar-refractivity contribution in [2.24, 2.45) is 5.73 Å². The first-order valence-corrected chi connectivity index (χ1v) is 6.32. The molecule has 1 aromatic carbocycles. The molecule has 4 nitrogen and oxygen atoms in total. The Morgan fingerprint density at radius 3 is 3.00 bits per heavy atom. The standard InChI is InChI=1S/C16H14FN3O/c1-11-4-5-13(17)9-15(11)20-16(21)14-6-8-19-10-12(14)3-2-7-18/h4-6,8-10H,7,18H2,1H3,(H,20,21). The van der Waals surface area contributed by atoms with Crippen LogP contribution in [0.5, 0.6) is 0 Å². The maximum absolute atomic E-state index is 13.2. The number of aryl methyl sites for hydroxylation is 1. The molecule has 0 saturated heterocycles. The van der Waals surface area contributed by atoms with Gasteiger partial charge in [-0.25, -0.2) is 4.39 Å². The number of carbonyl (C=O) groups excluding carboxylic acids is 1. The van der Waals surface area contributed by atoms with Gasteiger partial charge in [-0.05, 0) is 30.7 Å². The smallest absolute Gasteiger partial charge is 0.257 e. The molecule has 1 aromatic heterocycles. The molecular formula is C16H14FN3O. The number of halogens is 1. The van der Waals surface area contributed by atoms with Crippen molar-refractivity contribution in [2.45, 2.75) is 6.92 Å². The summed E-state index contributed by atoms with van der Waals surface area (Å²) < 4.78 is 13.2. The Labute approximate surface area is 122 Å². The van der Waals surface area contributed by atoms with Gasteiger partial charge in [-0.2, -0.15) is 0 Å². The third kappa shape index (κ3) is 3.65. The summed E-state index contributed by atoms with van der Waals surface area (Å²) in [5.74, 6) is 4.70. The molecule has 5 heteroatoms. The predicted molar refractivity (Wildman–Crippen MR) is 79.3 cm³/mol. The molecule has 2 aromatic rings. The van der Waals surface area contributed by atoms with Gasteiger partial charge in [-0.1, -0.05) is 17.9 Å². The number of nitrogens with zero attached hydrogens (tertiary/aromatic N) is 1. The molecule has 0 saturated carbocycles. The molecule has 0 bridgehead atoms. The van der Waals surface area contributed by atoms with E-state index in [9.17, 15) is 9.18 Å². The SMILES string of the molecule is Cc1ccc(F)cc1NC(=O)c1ccncc1C#CCN. The van der Waals surface area contributed by atoms with Crippen LogP contribution in [0.15, 0.2) is 36.7 Å². The molecule has 106 valence electrons. The highest BCUT2D eigenvalue weighted by Gasteiger charge is 2.12. The number of nitrogens with one attached hydrogen (secondary N) is 1. The van der Waals surface area contributed by atoms with E-state index in [0.29, 0.717) is 16.8 Å². The Balaban J connectivity index is 2.31. The van der Waals surface area contributed by atoms with Crippen molar-refractivity contribution >= 4 is 11.6 Å². The number of aromatic nitrogens is 1. The average molecular weight is 283 g/mol. The highest BCUT2D eigenvalue weighted by Crippen LogP contribution is 2.17. The van der Waals surface area contributed by atoms with E-state index in [2.05, 4.69) is 22.1 Å². The summed E-state index contributed by atoms with van der Waals surface area (Å²) in [6.45, 7) is 1.98. The molecule has 21 heavy (non-hydrogen) atoms. The zero-order valence-corrected chi connectivity index (χ0v) is 11.5. The Hall–Kier alpha value is -2.71. The Bertz CT molecular complexity index is 732. The van der Waals surface area contributed by atoms with Gasteiger partial charge >= 0.3 is 0 Å². The van der Waals surface area contributed by atoms with Gasteiger partial charge < -0.3 is 11.1 Å². The minimum atomic E-state index is -0.409. The average Bonchev–Trinajstić information content (AvgIpc) is 2.49. The third-order valence-electron chi connectivity index (χ3n) is 2.84. The van der Waals surface area contributed by atoms with Gasteiger partial charge in [0.25, 0.3) is 5.91 Å². The van der Waals surface area contributed by atoms with Crippen LogP contribution >= 0.6 is 0 Å². The van der Waals surface area contributed by atoms with Gasteiger partial charge in [-0.3, -0.25) is 9.78 Å². The lowest BCUT2D eigenvalue weighted by Crippen LogP contribution is -2.14. The number of rotatable bonds is 2. The molecule has 0 radical (unpaired) electrons. The number of carbonyl (C=O) groups is 1.